The summed E-state index contributed by atoms with van der Waals surface area (Å²) in [6.45, 7) is 12.9. The first-order valence-corrected chi connectivity index (χ1v) is 8.94. The third-order valence-electron chi connectivity index (χ3n) is 3.76. The highest BCUT2D eigenvalue weighted by Gasteiger charge is 2.27. The molecule has 1 aromatic rings. The van der Waals surface area contributed by atoms with Gasteiger partial charge in [-0.05, 0) is 38.5 Å². The van der Waals surface area contributed by atoms with Crippen LogP contribution in [-0.4, -0.2) is 42.7 Å². The average Bonchev–Trinajstić information content (AvgIpc) is 2.63. The van der Waals surface area contributed by atoms with Crippen molar-refractivity contribution in [2.75, 3.05) is 14.2 Å². The number of allylic oxidation sites excluding steroid dienone is 2. The van der Waals surface area contributed by atoms with E-state index in [4.69, 9.17) is 9.47 Å². The lowest BCUT2D eigenvalue weighted by Crippen LogP contribution is -2.49. The Balaban J connectivity index is 2.96. The van der Waals surface area contributed by atoms with E-state index in [2.05, 4.69) is 18.5 Å². The average molecular weight is 386 g/mol. The Hall–Kier alpha value is -3.02. The van der Waals surface area contributed by atoms with Gasteiger partial charge in [0.25, 0.3) is 0 Å². The molecule has 28 heavy (non-hydrogen) atoms. The van der Waals surface area contributed by atoms with Crippen LogP contribution in [-0.2, 0) is 20.7 Å². The number of hydrogen-bond acceptors (Lipinski definition) is 4. The third kappa shape index (κ3) is 8.12. The Morgan fingerprint density at radius 1 is 1.18 bits per heavy atom. The van der Waals surface area contributed by atoms with Gasteiger partial charge in [0.05, 0.1) is 7.11 Å². The molecule has 1 atom stereocenters. The summed E-state index contributed by atoms with van der Waals surface area (Å²) in [4.78, 5) is 26.6. The molecule has 152 valence electrons. The van der Waals surface area contributed by atoms with E-state index >= 15 is 0 Å². The molecule has 1 N–H and O–H groups in total. The molecule has 0 fully saturated rings. The van der Waals surface area contributed by atoms with E-state index < -0.39 is 17.7 Å². The van der Waals surface area contributed by atoms with E-state index in [0.29, 0.717) is 17.9 Å². The molecule has 0 aliphatic rings. The van der Waals surface area contributed by atoms with E-state index in [0.717, 1.165) is 5.56 Å². The lowest BCUT2D eigenvalue weighted by atomic mass is 10.0. The van der Waals surface area contributed by atoms with Gasteiger partial charge in [0, 0.05) is 19.2 Å². The molecular formula is C22H30N2O4. The molecule has 0 saturated carbocycles. The normalized spacial score (nSPS) is 12.2. The van der Waals surface area contributed by atoms with Gasteiger partial charge in [-0.1, -0.05) is 43.5 Å². The molecule has 6 nitrogen and oxygen atoms in total. The summed E-state index contributed by atoms with van der Waals surface area (Å²) in [6, 6.07) is 8.64. The fourth-order valence-corrected chi connectivity index (χ4v) is 2.24. The van der Waals surface area contributed by atoms with Gasteiger partial charge in [-0.3, -0.25) is 4.79 Å². The van der Waals surface area contributed by atoms with Crippen LogP contribution < -0.4 is 5.32 Å². The van der Waals surface area contributed by atoms with Crippen molar-refractivity contribution in [1.82, 2.24) is 10.2 Å². The van der Waals surface area contributed by atoms with Crippen molar-refractivity contribution in [1.29, 1.82) is 0 Å². The van der Waals surface area contributed by atoms with Crippen LogP contribution >= 0.6 is 0 Å². The van der Waals surface area contributed by atoms with Crippen LogP contribution in [0.5, 0.6) is 0 Å². The van der Waals surface area contributed by atoms with E-state index in [-0.39, 0.29) is 5.91 Å². The highest BCUT2D eigenvalue weighted by atomic mass is 16.6. The van der Waals surface area contributed by atoms with Gasteiger partial charge >= 0.3 is 6.09 Å². The van der Waals surface area contributed by atoms with Crippen molar-refractivity contribution in [2.45, 2.75) is 38.8 Å². The zero-order valence-electron chi connectivity index (χ0n) is 17.3. The van der Waals surface area contributed by atoms with Crippen LogP contribution in [0.2, 0.25) is 0 Å². The molecule has 0 unspecified atom stereocenters. The second-order valence-electron chi connectivity index (χ2n) is 7.28. The van der Waals surface area contributed by atoms with Crippen LogP contribution in [0.3, 0.4) is 0 Å². The predicted octanol–water partition coefficient (Wildman–Crippen LogP) is 3.81. The van der Waals surface area contributed by atoms with Crippen molar-refractivity contribution in [3.63, 3.8) is 0 Å². The summed E-state index contributed by atoms with van der Waals surface area (Å²) in [7, 11) is 3.10. The summed E-state index contributed by atoms with van der Waals surface area (Å²) in [6.07, 6.45) is 2.91. The van der Waals surface area contributed by atoms with Gasteiger partial charge in [0.2, 0.25) is 5.91 Å². The zero-order chi connectivity index (χ0) is 21.3. The van der Waals surface area contributed by atoms with Crippen molar-refractivity contribution < 1.29 is 19.1 Å². The second kappa shape index (κ2) is 10.3. The van der Waals surface area contributed by atoms with Crippen LogP contribution in [0.15, 0.2) is 67.1 Å². The Labute approximate surface area is 167 Å². The van der Waals surface area contributed by atoms with Gasteiger partial charge in [0.1, 0.15) is 17.4 Å². The molecule has 0 bridgehead atoms. The molecule has 0 radical (unpaired) electrons. The summed E-state index contributed by atoms with van der Waals surface area (Å²) in [5.74, 6) is 0.127. The predicted molar refractivity (Wildman–Crippen MR) is 111 cm³/mol. The number of rotatable bonds is 8. The minimum atomic E-state index is -0.807. The van der Waals surface area contributed by atoms with Crippen LogP contribution in [0, 0.1) is 0 Å². The van der Waals surface area contributed by atoms with Crippen molar-refractivity contribution in [2.24, 2.45) is 0 Å². The second-order valence-corrected chi connectivity index (χ2v) is 7.28. The number of carbonyl (C=O) groups excluding carboxylic acids is 2. The van der Waals surface area contributed by atoms with Gasteiger partial charge in [0.15, 0.2) is 0 Å². The van der Waals surface area contributed by atoms with Crippen LogP contribution in [0.25, 0.3) is 0 Å². The molecule has 0 spiro atoms. The van der Waals surface area contributed by atoms with Crippen LogP contribution in [0.4, 0.5) is 4.79 Å². The number of likely N-dealkylation sites (N-methyl/N-ethyl adjacent to an activating group) is 1. The molecule has 0 aromatic heterocycles. The molecule has 0 heterocycles. The zero-order valence-corrected chi connectivity index (χ0v) is 17.3. The van der Waals surface area contributed by atoms with Crippen LogP contribution in [0.1, 0.15) is 26.3 Å². The van der Waals surface area contributed by atoms with Gasteiger partial charge in [-0.25, -0.2) is 4.79 Å². The number of carbonyl (C=O) groups is 2. The Kier molecular flexibility index (Phi) is 8.51. The van der Waals surface area contributed by atoms with Crippen molar-refractivity contribution in [3.8, 4) is 0 Å². The minimum Gasteiger partial charge on any atom is -0.497 e. The number of ether oxygens (including phenoxy) is 2. The van der Waals surface area contributed by atoms with Crippen molar-refractivity contribution in [3.05, 3.63) is 72.7 Å². The van der Waals surface area contributed by atoms with E-state index in [1.165, 1.54) is 12.0 Å². The first kappa shape index (κ1) is 23.0. The molecule has 0 saturated heterocycles. The number of amides is 2. The lowest BCUT2D eigenvalue weighted by Gasteiger charge is -2.27. The highest BCUT2D eigenvalue weighted by molar-refractivity contribution is 5.87. The molecule has 6 heteroatoms. The lowest BCUT2D eigenvalue weighted by molar-refractivity contribution is -0.130. The van der Waals surface area contributed by atoms with E-state index in [1.807, 2.05) is 30.3 Å². The largest absolute Gasteiger partial charge is 0.497 e. The quantitative estimate of drug-likeness (QED) is 0.545. The number of benzene rings is 1. The monoisotopic (exact) mass is 386 g/mol. The summed E-state index contributed by atoms with van der Waals surface area (Å²) < 4.78 is 10.3. The number of hydrogen-bond donors (Lipinski definition) is 1. The maximum absolute atomic E-state index is 13.0. The van der Waals surface area contributed by atoms with Gasteiger partial charge < -0.3 is 19.7 Å². The molecule has 0 aliphatic heterocycles. The Morgan fingerprint density at radius 3 is 2.32 bits per heavy atom. The van der Waals surface area contributed by atoms with Gasteiger partial charge in [-0.2, -0.15) is 0 Å². The van der Waals surface area contributed by atoms with Crippen molar-refractivity contribution >= 4 is 12.0 Å². The topological polar surface area (TPSA) is 67.9 Å². The van der Waals surface area contributed by atoms with E-state index in [1.54, 1.807) is 40.0 Å². The Bertz CT molecular complexity index is 733. The first-order valence-electron chi connectivity index (χ1n) is 8.94. The maximum Gasteiger partial charge on any atom is 0.408 e. The minimum absolute atomic E-state index is 0.313. The number of alkyl carbamates (subject to hydrolysis) is 1. The number of nitrogens with one attached hydrogen (secondary N) is 1. The standard InChI is InChI=1S/C22H30N2O4/c1-16(13-14-17(2)27-7)24(6)20(25)19(15-18-11-9-8-10-12-18)23-21(26)28-22(3,4)5/h8-14,19H,1-2,15H2,3-7H3,(H,23,26)/b14-13-/t19-/m1/s1. The number of methoxy groups -OCH3 is 1. The highest BCUT2D eigenvalue weighted by Crippen LogP contribution is 2.12. The SMILES string of the molecule is C=C(/C=C\C(=C)N(C)C(=O)[C@@H](Cc1ccccc1)NC(=O)OC(C)(C)C)OC. The molecular weight excluding hydrogens is 356 g/mol. The van der Waals surface area contributed by atoms with E-state index in [9.17, 15) is 9.59 Å². The molecule has 0 aliphatic carbocycles. The fourth-order valence-electron chi connectivity index (χ4n) is 2.24. The molecule has 2 amide bonds. The summed E-state index contributed by atoms with van der Waals surface area (Å²) >= 11 is 0. The maximum atomic E-state index is 13.0. The van der Waals surface area contributed by atoms with Gasteiger partial charge in [-0.15, -0.1) is 0 Å². The smallest absolute Gasteiger partial charge is 0.408 e. The molecule has 1 aromatic carbocycles. The summed E-state index contributed by atoms with van der Waals surface area (Å²) in [5.41, 5.74) is 0.690. The molecule has 1 rings (SSSR count). The number of nitrogens with zero attached hydrogens (tertiary/aromatic N) is 1. The Morgan fingerprint density at radius 2 is 1.79 bits per heavy atom. The fraction of sp³-hybridized carbons (Fsp3) is 0.364. The third-order valence-corrected chi connectivity index (χ3v) is 3.76. The summed E-state index contributed by atoms with van der Waals surface area (Å²) in [5, 5.41) is 2.67. The first-order chi connectivity index (χ1) is 13.0.